The van der Waals surface area contributed by atoms with Crippen LogP contribution in [-0.4, -0.2) is 43.0 Å². The lowest BCUT2D eigenvalue weighted by molar-refractivity contribution is -0.116. The van der Waals surface area contributed by atoms with Crippen molar-refractivity contribution in [3.05, 3.63) is 72.8 Å². The minimum absolute atomic E-state index is 0.0471. The van der Waals surface area contributed by atoms with Crippen molar-refractivity contribution in [1.82, 2.24) is 30.0 Å². The third-order valence-corrected chi connectivity index (χ3v) is 5.83. The number of ether oxygens (including phenoxy) is 1. The Kier molecular flexibility index (Phi) is 5.73. The SMILES string of the molecule is COc1cccc(-c2nc(-c3cccc(NC(=O)Cn4c(-c5nonc5N)nc5ccccc54)c3)no2)c1. The second-order valence-electron chi connectivity index (χ2n) is 8.29. The van der Waals surface area contributed by atoms with E-state index in [1.807, 2.05) is 54.6 Å². The zero-order valence-electron chi connectivity index (χ0n) is 20.0. The summed E-state index contributed by atoms with van der Waals surface area (Å²) in [7, 11) is 1.59. The summed E-state index contributed by atoms with van der Waals surface area (Å²) in [6.45, 7) is -0.0471. The van der Waals surface area contributed by atoms with Crippen LogP contribution < -0.4 is 15.8 Å². The Morgan fingerprint density at radius 3 is 2.66 bits per heavy atom. The molecule has 0 unspecified atom stereocenters. The zero-order valence-corrected chi connectivity index (χ0v) is 20.0. The Morgan fingerprint density at radius 1 is 0.974 bits per heavy atom. The number of nitrogens with zero attached hydrogens (tertiary/aromatic N) is 6. The normalized spacial score (nSPS) is 11.1. The number of nitrogen functional groups attached to an aromatic ring is 1. The van der Waals surface area contributed by atoms with Crippen LogP contribution in [0.3, 0.4) is 0 Å². The summed E-state index contributed by atoms with van der Waals surface area (Å²) in [5.74, 6) is 1.61. The number of methoxy groups -OCH3 is 1. The third-order valence-electron chi connectivity index (χ3n) is 5.83. The highest BCUT2D eigenvalue weighted by atomic mass is 16.6. The van der Waals surface area contributed by atoms with Gasteiger partial charge in [0.25, 0.3) is 5.89 Å². The molecule has 6 aromatic rings. The number of hydrogen-bond acceptors (Lipinski definition) is 10. The molecule has 38 heavy (non-hydrogen) atoms. The molecule has 0 radical (unpaired) electrons. The number of carbonyl (C=O) groups is 1. The van der Waals surface area contributed by atoms with Crippen LogP contribution in [0.5, 0.6) is 5.75 Å². The lowest BCUT2D eigenvalue weighted by Gasteiger charge is -2.09. The molecule has 0 aliphatic carbocycles. The first kappa shape index (κ1) is 22.9. The van der Waals surface area contributed by atoms with Crippen molar-refractivity contribution in [2.75, 3.05) is 18.2 Å². The van der Waals surface area contributed by atoms with Gasteiger partial charge in [-0.25, -0.2) is 9.61 Å². The van der Waals surface area contributed by atoms with E-state index in [0.717, 1.165) is 11.1 Å². The molecule has 12 nitrogen and oxygen atoms in total. The number of rotatable bonds is 7. The molecule has 12 heteroatoms. The number of benzene rings is 3. The molecule has 3 aromatic carbocycles. The van der Waals surface area contributed by atoms with E-state index < -0.39 is 0 Å². The molecule has 0 aliphatic heterocycles. The molecule has 6 rings (SSSR count). The topological polar surface area (TPSA) is 160 Å². The molecule has 3 N–H and O–H groups in total. The zero-order chi connectivity index (χ0) is 26.1. The summed E-state index contributed by atoms with van der Waals surface area (Å²) >= 11 is 0. The summed E-state index contributed by atoms with van der Waals surface area (Å²) < 4.78 is 17.2. The van der Waals surface area contributed by atoms with Gasteiger partial charge in [0.2, 0.25) is 11.7 Å². The van der Waals surface area contributed by atoms with Crippen LogP contribution >= 0.6 is 0 Å². The average Bonchev–Trinajstić information content (AvgIpc) is 3.68. The number of nitrogens with one attached hydrogen (secondary N) is 1. The minimum Gasteiger partial charge on any atom is -0.497 e. The van der Waals surface area contributed by atoms with Crippen molar-refractivity contribution >= 4 is 28.4 Å². The predicted octanol–water partition coefficient (Wildman–Crippen LogP) is 4.03. The van der Waals surface area contributed by atoms with Crippen molar-refractivity contribution in [2.24, 2.45) is 0 Å². The Bertz CT molecular complexity index is 1770. The van der Waals surface area contributed by atoms with Crippen LogP contribution in [0, 0.1) is 0 Å². The quantitative estimate of drug-likeness (QED) is 0.322. The summed E-state index contributed by atoms with van der Waals surface area (Å²) in [6.07, 6.45) is 0. The molecule has 3 heterocycles. The van der Waals surface area contributed by atoms with E-state index in [0.29, 0.717) is 40.1 Å². The van der Waals surface area contributed by atoms with Crippen LogP contribution in [0.1, 0.15) is 0 Å². The lowest BCUT2D eigenvalue weighted by Crippen LogP contribution is -2.19. The van der Waals surface area contributed by atoms with E-state index >= 15 is 0 Å². The molecule has 3 aromatic heterocycles. The summed E-state index contributed by atoms with van der Waals surface area (Å²) in [5.41, 5.74) is 9.56. The average molecular weight is 508 g/mol. The number of nitrogens with two attached hydrogens (primary N) is 1. The van der Waals surface area contributed by atoms with Crippen LogP contribution in [0.15, 0.2) is 81.9 Å². The Balaban J connectivity index is 1.24. The monoisotopic (exact) mass is 508 g/mol. The van der Waals surface area contributed by atoms with Crippen molar-refractivity contribution < 1.29 is 18.7 Å². The van der Waals surface area contributed by atoms with Gasteiger partial charge >= 0.3 is 0 Å². The van der Waals surface area contributed by atoms with E-state index in [1.165, 1.54) is 0 Å². The second kappa shape index (κ2) is 9.50. The van der Waals surface area contributed by atoms with Gasteiger partial charge in [0.05, 0.1) is 18.1 Å². The minimum atomic E-state index is -0.285. The van der Waals surface area contributed by atoms with Crippen molar-refractivity contribution in [1.29, 1.82) is 0 Å². The van der Waals surface area contributed by atoms with Gasteiger partial charge in [-0.05, 0) is 52.8 Å². The van der Waals surface area contributed by atoms with Crippen molar-refractivity contribution in [3.8, 4) is 40.1 Å². The highest BCUT2D eigenvalue weighted by Gasteiger charge is 2.21. The summed E-state index contributed by atoms with van der Waals surface area (Å²) in [6, 6.07) is 21.9. The number of imidazole rings is 1. The van der Waals surface area contributed by atoms with E-state index in [1.54, 1.807) is 29.9 Å². The van der Waals surface area contributed by atoms with E-state index in [9.17, 15) is 4.79 Å². The van der Waals surface area contributed by atoms with Crippen LogP contribution in [-0.2, 0) is 11.3 Å². The van der Waals surface area contributed by atoms with Gasteiger partial charge in [0.1, 0.15) is 12.3 Å². The Labute approximate surface area is 215 Å². The number of para-hydroxylation sites is 2. The van der Waals surface area contributed by atoms with Gasteiger partial charge in [-0.3, -0.25) is 4.79 Å². The standard InChI is InChI=1S/C26H20N8O4/c1-36-18-9-5-7-16(13-18)26-30-24(33-37-26)15-6-4-8-17(12-15)28-21(35)14-34-20-11-3-2-10-19(20)29-25(34)22-23(27)32-38-31-22/h2-13H,14H2,1H3,(H2,27,32)(H,28,35). The van der Waals surface area contributed by atoms with Gasteiger partial charge < -0.3 is 24.9 Å². The van der Waals surface area contributed by atoms with Crippen molar-refractivity contribution in [2.45, 2.75) is 6.54 Å². The van der Waals surface area contributed by atoms with Crippen molar-refractivity contribution in [3.63, 3.8) is 0 Å². The molecule has 0 aliphatic rings. The fourth-order valence-electron chi connectivity index (χ4n) is 4.06. The summed E-state index contributed by atoms with van der Waals surface area (Å²) in [5, 5.41) is 14.5. The predicted molar refractivity (Wildman–Crippen MR) is 138 cm³/mol. The van der Waals surface area contributed by atoms with E-state index in [2.05, 4.69) is 30.8 Å². The largest absolute Gasteiger partial charge is 0.497 e. The molecule has 0 saturated carbocycles. The molecular formula is C26H20N8O4. The molecule has 0 atom stereocenters. The highest BCUT2D eigenvalue weighted by molar-refractivity contribution is 5.93. The fourth-order valence-corrected chi connectivity index (χ4v) is 4.06. The molecule has 0 bridgehead atoms. The fraction of sp³-hybridized carbons (Fsp3) is 0.0769. The van der Waals surface area contributed by atoms with E-state index in [-0.39, 0.29) is 24.0 Å². The molecule has 188 valence electrons. The maximum absolute atomic E-state index is 13.1. The maximum Gasteiger partial charge on any atom is 0.258 e. The van der Waals surface area contributed by atoms with Crippen LogP contribution in [0.2, 0.25) is 0 Å². The number of amides is 1. The Hall–Kier alpha value is -5.52. The molecule has 0 fully saturated rings. The van der Waals surface area contributed by atoms with Crippen LogP contribution in [0.25, 0.3) is 45.4 Å². The van der Waals surface area contributed by atoms with Crippen LogP contribution in [0.4, 0.5) is 11.5 Å². The summed E-state index contributed by atoms with van der Waals surface area (Å²) in [4.78, 5) is 22.2. The van der Waals surface area contributed by atoms with Gasteiger partial charge in [-0.2, -0.15) is 4.98 Å². The molecule has 0 saturated heterocycles. The lowest BCUT2D eigenvalue weighted by atomic mass is 10.2. The van der Waals surface area contributed by atoms with Gasteiger partial charge in [0.15, 0.2) is 17.3 Å². The second-order valence-corrected chi connectivity index (χ2v) is 8.29. The first-order chi connectivity index (χ1) is 18.6. The first-order valence-corrected chi connectivity index (χ1v) is 11.5. The van der Waals surface area contributed by atoms with Gasteiger partial charge in [-0.15, -0.1) is 0 Å². The number of aromatic nitrogens is 6. The van der Waals surface area contributed by atoms with Gasteiger partial charge in [-0.1, -0.05) is 35.5 Å². The maximum atomic E-state index is 13.1. The first-order valence-electron chi connectivity index (χ1n) is 11.5. The smallest absolute Gasteiger partial charge is 0.258 e. The van der Waals surface area contributed by atoms with E-state index in [4.69, 9.17) is 19.6 Å². The molecule has 1 amide bonds. The number of fused-ring (bicyclic) bond motifs is 1. The molecular weight excluding hydrogens is 488 g/mol. The van der Waals surface area contributed by atoms with Gasteiger partial charge in [0, 0.05) is 16.8 Å². The Morgan fingerprint density at radius 2 is 1.82 bits per heavy atom. The number of hydrogen-bond donors (Lipinski definition) is 2. The number of carbonyl (C=O) groups excluding carboxylic acids is 1. The number of anilines is 2. The highest BCUT2D eigenvalue weighted by Crippen LogP contribution is 2.28. The molecule has 0 spiro atoms. The third kappa shape index (κ3) is 4.30.